The SMILES string of the molecule is NCC(=O)NCC(=O)NCCc1nc(-c2cccc(Cl)c2)no1. The number of carbonyl (C=O) groups is 2. The van der Waals surface area contributed by atoms with Gasteiger partial charge in [0.05, 0.1) is 13.1 Å². The molecule has 0 aliphatic heterocycles. The third-order valence-electron chi connectivity index (χ3n) is 2.84. The van der Waals surface area contributed by atoms with Gasteiger partial charge in [-0.05, 0) is 12.1 Å². The molecule has 2 amide bonds. The van der Waals surface area contributed by atoms with Crippen LogP contribution in [0.1, 0.15) is 5.89 Å². The van der Waals surface area contributed by atoms with Gasteiger partial charge in [0, 0.05) is 23.6 Å². The molecule has 122 valence electrons. The quantitative estimate of drug-likeness (QED) is 0.659. The maximum absolute atomic E-state index is 11.5. The zero-order valence-electron chi connectivity index (χ0n) is 12.2. The van der Waals surface area contributed by atoms with Crippen LogP contribution < -0.4 is 16.4 Å². The maximum atomic E-state index is 11.5. The molecule has 1 heterocycles. The van der Waals surface area contributed by atoms with Crippen molar-refractivity contribution in [3.05, 3.63) is 35.2 Å². The Morgan fingerprint density at radius 1 is 1.26 bits per heavy atom. The number of hydrogen-bond acceptors (Lipinski definition) is 6. The van der Waals surface area contributed by atoms with Gasteiger partial charge in [-0.25, -0.2) is 0 Å². The van der Waals surface area contributed by atoms with Crippen molar-refractivity contribution in [3.8, 4) is 11.4 Å². The highest BCUT2D eigenvalue weighted by molar-refractivity contribution is 6.30. The van der Waals surface area contributed by atoms with Gasteiger partial charge in [0.15, 0.2) is 0 Å². The summed E-state index contributed by atoms with van der Waals surface area (Å²) in [5, 5.41) is 9.45. The fourth-order valence-electron chi connectivity index (χ4n) is 1.72. The van der Waals surface area contributed by atoms with E-state index in [4.69, 9.17) is 21.9 Å². The van der Waals surface area contributed by atoms with E-state index in [-0.39, 0.29) is 24.9 Å². The van der Waals surface area contributed by atoms with Crippen molar-refractivity contribution in [1.29, 1.82) is 0 Å². The Hall–Kier alpha value is -2.45. The van der Waals surface area contributed by atoms with Crippen LogP contribution in [0.4, 0.5) is 0 Å². The van der Waals surface area contributed by atoms with Gasteiger partial charge >= 0.3 is 0 Å². The average Bonchev–Trinajstić information content (AvgIpc) is 3.01. The number of nitrogens with one attached hydrogen (secondary N) is 2. The highest BCUT2D eigenvalue weighted by atomic mass is 35.5. The van der Waals surface area contributed by atoms with Gasteiger partial charge in [0.25, 0.3) is 0 Å². The van der Waals surface area contributed by atoms with E-state index in [2.05, 4.69) is 20.8 Å². The van der Waals surface area contributed by atoms with Crippen LogP contribution in [0.3, 0.4) is 0 Å². The molecule has 8 nitrogen and oxygen atoms in total. The summed E-state index contributed by atoms with van der Waals surface area (Å²) in [6.45, 7) is 0.0453. The summed E-state index contributed by atoms with van der Waals surface area (Å²) in [6, 6.07) is 7.11. The average molecular weight is 338 g/mol. The molecule has 4 N–H and O–H groups in total. The van der Waals surface area contributed by atoms with E-state index in [1.54, 1.807) is 18.2 Å². The van der Waals surface area contributed by atoms with Crippen molar-refractivity contribution in [2.24, 2.45) is 5.73 Å². The normalized spacial score (nSPS) is 10.3. The number of nitrogens with two attached hydrogens (primary N) is 1. The van der Waals surface area contributed by atoms with Crippen LogP contribution in [0.5, 0.6) is 0 Å². The summed E-state index contributed by atoms with van der Waals surface area (Å²) >= 11 is 5.91. The summed E-state index contributed by atoms with van der Waals surface area (Å²) in [6.07, 6.45) is 0.379. The highest BCUT2D eigenvalue weighted by Gasteiger charge is 2.09. The number of carbonyl (C=O) groups excluding carboxylic acids is 2. The number of hydrogen-bond donors (Lipinski definition) is 3. The van der Waals surface area contributed by atoms with E-state index in [0.29, 0.717) is 29.7 Å². The monoisotopic (exact) mass is 337 g/mol. The Labute approximate surface area is 137 Å². The van der Waals surface area contributed by atoms with Gasteiger partial charge in [-0.3, -0.25) is 9.59 Å². The van der Waals surface area contributed by atoms with Crippen molar-refractivity contribution < 1.29 is 14.1 Å². The molecule has 0 spiro atoms. The Morgan fingerprint density at radius 2 is 2.09 bits per heavy atom. The predicted octanol–water partition coefficient (Wildman–Crippen LogP) is 0.124. The zero-order chi connectivity index (χ0) is 16.7. The molecule has 0 unspecified atom stereocenters. The van der Waals surface area contributed by atoms with Crippen LogP contribution in [0.25, 0.3) is 11.4 Å². The first-order chi connectivity index (χ1) is 11.1. The third kappa shape index (κ3) is 5.35. The summed E-state index contributed by atoms with van der Waals surface area (Å²) in [7, 11) is 0. The van der Waals surface area contributed by atoms with Crippen LogP contribution in [0.2, 0.25) is 5.02 Å². The summed E-state index contributed by atoms with van der Waals surface area (Å²) in [5.74, 6) is 0.125. The molecule has 0 radical (unpaired) electrons. The van der Waals surface area contributed by atoms with E-state index < -0.39 is 0 Å². The van der Waals surface area contributed by atoms with Crippen LogP contribution in [0.15, 0.2) is 28.8 Å². The number of nitrogens with zero attached hydrogens (tertiary/aromatic N) is 2. The Kier molecular flexibility index (Phi) is 6.07. The van der Waals surface area contributed by atoms with E-state index in [0.717, 1.165) is 5.56 Å². The molecule has 0 aliphatic rings. The van der Waals surface area contributed by atoms with Crippen LogP contribution in [-0.4, -0.2) is 41.6 Å². The molecule has 0 fully saturated rings. The van der Waals surface area contributed by atoms with Crippen LogP contribution >= 0.6 is 11.6 Å². The van der Waals surface area contributed by atoms with Gasteiger partial charge in [-0.2, -0.15) is 4.98 Å². The number of aromatic nitrogens is 2. The lowest BCUT2D eigenvalue weighted by molar-refractivity contribution is -0.125. The number of rotatable bonds is 7. The van der Waals surface area contributed by atoms with Crippen LogP contribution in [-0.2, 0) is 16.0 Å². The second-order valence-electron chi connectivity index (χ2n) is 4.60. The topological polar surface area (TPSA) is 123 Å². The van der Waals surface area contributed by atoms with Gasteiger partial charge < -0.3 is 20.9 Å². The minimum absolute atomic E-state index is 0.117. The smallest absolute Gasteiger partial charge is 0.239 e. The van der Waals surface area contributed by atoms with Crippen molar-refractivity contribution in [3.63, 3.8) is 0 Å². The molecule has 9 heteroatoms. The molecular weight excluding hydrogens is 322 g/mol. The van der Waals surface area contributed by atoms with Crippen molar-refractivity contribution >= 4 is 23.4 Å². The molecule has 2 rings (SSSR count). The predicted molar refractivity (Wildman–Crippen MR) is 83.5 cm³/mol. The minimum Gasteiger partial charge on any atom is -0.354 e. The van der Waals surface area contributed by atoms with Crippen molar-refractivity contribution in [2.45, 2.75) is 6.42 Å². The first-order valence-electron chi connectivity index (χ1n) is 6.90. The molecule has 1 aromatic heterocycles. The summed E-state index contributed by atoms with van der Waals surface area (Å²) in [4.78, 5) is 26.6. The second kappa shape index (κ2) is 8.25. The molecule has 0 saturated heterocycles. The van der Waals surface area contributed by atoms with E-state index in [9.17, 15) is 9.59 Å². The number of benzene rings is 1. The molecule has 1 aromatic carbocycles. The van der Waals surface area contributed by atoms with E-state index in [1.807, 2.05) is 6.07 Å². The fourth-order valence-corrected chi connectivity index (χ4v) is 1.91. The molecular formula is C14H16ClN5O3. The second-order valence-corrected chi connectivity index (χ2v) is 5.04. The van der Waals surface area contributed by atoms with Crippen LogP contribution in [0, 0.1) is 0 Å². The Morgan fingerprint density at radius 3 is 2.83 bits per heavy atom. The molecule has 0 saturated carbocycles. The largest absolute Gasteiger partial charge is 0.354 e. The third-order valence-corrected chi connectivity index (χ3v) is 3.08. The Balaban J connectivity index is 1.79. The lowest BCUT2D eigenvalue weighted by atomic mass is 10.2. The van der Waals surface area contributed by atoms with Gasteiger partial charge in [0.2, 0.25) is 23.5 Å². The number of amides is 2. The standard InChI is InChI=1S/C14H16ClN5O3/c15-10-3-1-2-9(6-10)14-19-13(23-20-14)4-5-17-12(22)8-18-11(21)7-16/h1-3,6H,4-5,7-8,16H2,(H,17,22)(H,18,21). The molecule has 23 heavy (non-hydrogen) atoms. The minimum atomic E-state index is -0.386. The molecule has 0 aliphatic carbocycles. The van der Waals surface area contributed by atoms with E-state index in [1.165, 1.54) is 0 Å². The fraction of sp³-hybridized carbons (Fsp3) is 0.286. The van der Waals surface area contributed by atoms with E-state index >= 15 is 0 Å². The van der Waals surface area contributed by atoms with Gasteiger partial charge in [-0.1, -0.05) is 28.9 Å². The summed E-state index contributed by atoms with van der Waals surface area (Å²) < 4.78 is 5.11. The van der Waals surface area contributed by atoms with Gasteiger partial charge in [-0.15, -0.1) is 0 Å². The van der Waals surface area contributed by atoms with Crippen molar-refractivity contribution in [2.75, 3.05) is 19.6 Å². The summed E-state index contributed by atoms with van der Waals surface area (Å²) in [5.41, 5.74) is 5.87. The highest BCUT2D eigenvalue weighted by Crippen LogP contribution is 2.19. The molecule has 2 aromatic rings. The lowest BCUT2D eigenvalue weighted by Crippen LogP contribution is -2.40. The lowest BCUT2D eigenvalue weighted by Gasteiger charge is -2.04. The number of halogens is 1. The maximum Gasteiger partial charge on any atom is 0.239 e. The zero-order valence-corrected chi connectivity index (χ0v) is 13.0. The molecule has 0 atom stereocenters. The van der Waals surface area contributed by atoms with Gasteiger partial charge in [0.1, 0.15) is 0 Å². The Bertz CT molecular complexity index is 689. The molecule has 0 bridgehead atoms. The van der Waals surface area contributed by atoms with Crippen molar-refractivity contribution in [1.82, 2.24) is 20.8 Å². The first-order valence-corrected chi connectivity index (χ1v) is 7.28. The first kappa shape index (κ1) is 16.9.